The summed E-state index contributed by atoms with van der Waals surface area (Å²) in [6, 6.07) is 11.1. The van der Waals surface area contributed by atoms with Crippen molar-refractivity contribution < 1.29 is 0 Å². The number of rotatable bonds is 1. The van der Waals surface area contributed by atoms with Crippen LogP contribution in [0, 0.1) is 5.92 Å². The number of fused-ring (bicyclic) bond motifs is 1. The molecule has 2 heterocycles. The molecule has 0 radical (unpaired) electrons. The van der Waals surface area contributed by atoms with Crippen LogP contribution in [-0.2, 0) is 0 Å². The highest BCUT2D eigenvalue weighted by atomic mass is 14.9. The summed E-state index contributed by atoms with van der Waals surface area (Å²) in [7, 11) is 0. The molecule has 1 aliphatic heterocycles. The maximum absolute atomic E-state index is 4.43. The number of nitrogens with zero attached hydrogens (tertiary/aromatic N) is 1. The topological polar surface area (TPSA) is 24.9 Å². The van der Waals surface area contributed by atoms with Gasteiger partial charge in [0.25, 0.3) is 0 Å². The Morgan fingerprint density at radius 2 is 2.18 bits per heavy atom. The van der Waals surface area contributed by atoms with Crippen molar-refractivity contribution in [3.8, 4) is 0 Å². The second-order valence-corrected chi connectivity index (χ2v) is 5.05. The second kappa shape index (κ2) is 4.46. The third kappa shape index (κ3) is 2.05. The molecule has 0 bridgehead atoms. The molecule has 0 spiro atoms. The zero-order valence-corrected chi connectivity index (χ0v) is 10.2. The Morgan fingerprint density at radius 3 is 3.06 bits per heavy atom. The highest BCUT2D eigenvalue weighted by Gasteiger charge is 2.21. The van der Waals surface area contributed by atoms with E-state index in [1.165, 1.54) is 23.8 Å². The first kappa shape index (κ1) is 10.7. The highest BCUT2D eigenvalue weighted by molar-refractivity contribution is 5.82. The van der Waals surface area contributed by atoms with Crippen molar-refractivity contribution in [3.63, 3.8) is 0 Å². The van der Waals surface area contributed by atoms with E-state index in [1.54, 1.807) is 0 Å². The van der Waals surface area contributed by atoms with Gasteiger partial charge in [-0.3, -0.25) is 4.98 Å². The number of hydrogen-bond donors (Lipinski definition) is 1. The van der Waals surface area contributed by atoms with Crippen LogP contribution in [0.4, 0.5) is 0 Å². The molecule has 2 nitrogen and oxygen atoms in total. The van der Waals surface area contributed by atoms with Crippen LogP contribution in [-0.4, -0.2) is 11.5 Å². The van der Waals surface area contributed by atoms with Crippen LogP contribution in [0.5, 0.6) is 0 Å². The Hall–Kier alpha value is -1.41. The molecule has 3 rings (SSSR count). The normalized spacial score (nSPS) is 25.0. The van der Waals surface area contributed by atoms with E-state index in [2.05, 4.69) is 41.5 Å². The predicted octanol–water partition coefficient (Wildman–Crippen LogP) is 3.30. The van der Waals surface area contributed by atoms with Crippen LogP contribution in [0.1, 0.15) is 31.4 Å². The molecule has 2 atom stereocenters. The van der Waals surface area contributed by atoms with E-state index >= 15 is 0 Å². The van der Waals surface area contributed by atoms with Crippen LogP contribution in [0.25, 0.3) is 10.9 Å². The first-order valence-electron chi connectivity index (χ1n) is 6.41. The van der Waals surface area contributed by atoms with Crippen LogP contribution < -0.4 is 5.32 Å². The molecule has 88 valence electrons. The minimum absolute atomic E-state index is 0.492. The monoisotopic (exact) mass is 226 g/mol. The van der Waals surface area contributed by atoms with E-state index in [1.807, 2.05) is 12.3 Å². The molecule has 0 amide bonds. The van der Waals surface area contributed by atoms with Gasteiger partial charge in [0.1, 0.15) is 0 Å². The van der Waals surface area contributed by atoms with Gasteiger partial charge in [-0.1, -0.05) is 25.1 Å². The summed E-state index contributed by atoms with van der Waals surface area (Å²) < 4.78 is 0. The molecule has 2 unspecified atom stereocenters. The smallest absolute Gasteiger partial charge is 0.0705 e. The maximum Gasteiger partial charge on any atom is 0.0705 e. The fourth-order valence-corrected chi connectivity index (χ4v) is 2.78. The lowest BCUT2D eigenvalue weighted by atomic mass is 9.88. The van der Waals surface area contributed by atoms with E-state index in [0.717, 1.165) is 18.0 Å². The number of pyridine rings is 1. The summed E-state index contributed by atoms with van der Waals surface area (Å²) in [6.07, 6.45) is 4.39. The van der Waals surface area contributed by atoms with Crippen molar-refractivity contribution in [2.45, 2.75) is 25.8 Å². The lowest BCUT2D eigenvalue weighted by molar-refractivity contribution is 0.326. The van der Waals surface area contributed by atoms with Crippen LogP contribution in [0.2, 0.25) is 0 Å². The van der Waals surface area contributed by atoms with Crippen molar-refractivity contribution in [2.75, 3.05) is 6.54 Å². The van der Waals surface area contributed by atoms with Gasteiger partial charge >= 0.3 is 0 Å². The summed E-state index contributed by atoms with van der Waals surface area (Å²) in [5.74, 6) is 0.813. The average Bonchev–Trinajstić information content (AvgIpc) is 2.38. The van der Waals surface area contributed by atoms with Gasteiger partial charge in [0.15, 0.2) is 0 Å². The van der Waals surface area contributed by atoms with Gasteiger partial charge in [-0.15, -0.1) is 0 Å². The molecule has 1 aromatic carbocycles. The summed E-state index contributed by atoms with van der Waals surface area (Å²) in [4.78, 5) is 4.43. The molecule has 2 aromatic rings. The summed E-state index contributed by atoms with van der Waals surface area (Å²) in [5, 5.41) is 4.92. The van der Waals surface area contributed by atoms with E-state index in [4.69, 9.17) is 0 Å². The molecule has 17 heavy (non-hydrogen) atoms. The second-order valence-electron chi connectivity index (χ2n) is 5.05. The van der Waals surface area contributed by atoms with Gasteiger partial charge in [-0.25, -0.2) is 0 Å². The predicted molar refractivity (Wildman–Crippen MR) is 70.9 cm³/mol. The molecule has 1 N–H and O–H groups in total. The largest absolute Gasteiger partial charge is 0.310 e. The Kier molecular flexibility index (Phi) is 2.81. The molecular formula is C15H18N2. The summed E-state index contributed by atoms with van der Waals surface area (Å²) in [5.41, 5.74) is 2.51. The first-order chi connectivity index (χ1) is 8.34. The van der Waals surface area contributed by atoms with Gasteiger partial charge in [0.05, 0.1) is 5.52 Å². The number of benzene rings is 1. The van der Waals surface area contributed by atoms with E-state index in [0.29, 0.717) is 6.04 Å². The van der Waals surface area contributed by atoms with E-state index in [-0.39, 0.29) is 0 Å². The quantitative estimate of drug-likeness (QED) is 0.807. The molecule has 1 aromatic heterocycles. The lowest BCUT2D eigenvalue weighted by Gasteiger charge is -2.29. The molecular weight excluding hydrogens is 208 g/mol. The van der Waals surface area contributed by atoms with Crippen molar-refractivity contribution in [3.05, 3.63) is 42.1 Å². The third-order valence-electron chi connectivity index (χ3n) is 3.72. The third-order valence-corrected chi connectivity index (χ3v) is 3.72. The summed E-state index contributed by atoms with van der Waals surface area (Å²) >= 11 is 0. The van der Waals surface area contributed by atoms with Crippen molar-refractivity contribution in [1.29, 1.82) is 0 Å². The molecule has 1 aliphatic rings. The lowest BCUT2D eigenvalue weighted by Crippen LogP contribution is -2.30. The molecule has 1 fully saturated rings. The van der Waals surface area contributed by atoms with Crippen molar-refractivity contribution >= 4 is 10.9 Å². The van der Waals surface area contributed by atoms with Crippen LogP contribution in [0.15, 0.2) is 36.5 Å². The summed E-state index contributed by atoms with van der Waals surface area (Å²) in [6.45, 7) is 3.47. The Morgan fingerprint density at radius 1 is 1.24 bits per heavy atom. The van der Waals surface area contributed by atoms with Gasteiger partial charge in [0, 0.05) is 17.6 Å². The Bertz CT molecular complexity index is 516. The Balaban J connectivity index is 2.04. The van der Waals surface area contributed by atoms with E-state index < -0.39 is 0 Å². The number of aromatic nitrogens is 1. The number of nitrogens with one attached hydrogen (secondary N) is 1. The van der Waals surface area contributed by atoms with Gasteiger partial charge in [-0.05, 0) is 43.0 Å². The average molecular weight is 226 g/mol. The first-order valence-corrected chi connectivity index (χ1v) is 6.41. The van der Waals surface area contributed by atoms with Crippen LogP contribution >= 0.6 is 0 Å². The van der Waals surface area contributed by atoms with Gasteiger partial charge in [-0.2, -0.15) is 0 Å². The molecule has 0 saturated carbocycles. The Labute approximate surface area is 102 Å². The minimum atomic E-state index is 0.492. The number of piperidine rings is 1. The zero-order chi connectivity index (χ0) is 11.7. The van der Waals surface area contributed by atoms with E-state index in [9.17, 15) is 0 Å². The van der Waals surface area contributed by atoms with Crippen molar-refractivity contribution in [2.24, 2.45) is 5.92 Å². The van der Waals surface area contributed by atoms with Crippen LogP contribution in [0.3, 0.4) is 0 Å². The number of hydrogen-bond acceptors (Lipinski definition) is 2. The minimum Gasteiger partial charge on any atom is -0.310 e. The molecule has 1 saturated heterocycles. The van der Waals surface area contributed by atoms with Gasteiger partial charge in [0.2, 0.25) is 0 Å². The standard InChI is InChI=1S/C15H18N2/c1-11-7-9-17-15(10-11)13-4-2-6-14-12(13)5-3-8-16-14/h2-6,8,11,15,17H,7,9-10H2,1H3. The molecule has 2 heteroatoms. The maximum atomic E-state index is 4.43. The fourth-order valence-electron chi connectivity index (χ4n) is 2.78. The zero-order valence-electron chi connectivity index (χ0n) is 10.2. The fraction of sp³-hybridized carbons (Fsp3) is 0.400. The highest BCUT2D eigenvalue weighted by Crippen LogP contribution is 2.30. The molecule has 0 aliphatic carbocycles. The van der Waals surface area contributed by atoms with Crippen molar-refractivity contribution in [1.82, 2.24) is 10.3 Å². The SMILES string of the molecule is CC1CCNC(c2cccc3ncccc23)C1. The van der Waals surface area contributed by atoms with Gasteiger partial charge < -0.3 is 5.32 Å².